The van der Waals surface area contributed by atoms with Crippen molar-refractivity contribution in [2.75, 3.05) is 32.8 Å². The lowest BCUT2D eigenvalue weighted by Gasteiger charge is -2.21. The number of halogens is 2. The third-order valence-corrected chi connectivity index (χ3v) is 5.02. The highest BCUT2D eigenvalue weighted by atomic mass is 19.3. The zero-order valence-electron chi connectivity index (χ0n) is 17.7. The Labute approximate surface area is 180 Å². The van der Waals surface area contributed by atoms with Gasteiger partial charge in [-0.2, -0.15) is 8.78 Å². The zero-order valence-corrected chi connectivity index (χ0v) is 17.7. The van der Waals surface area contributed by atoms with Gasteiger partial charge in [0.1, 0.15) is 23.8 Å². The molecule has 1 N–H and O–H groups in total. The maximum Gasteiger partial charge on any atom is 0.387 e. The maximum atomic E-state index is 13.1. The van der Waals surface area contributed by atoms with Crippen molar-refractivity contribution in [2.45, 2.75) is 26.9 Å². The largest absolute Gasteiger partial charge is 0.491 e. The molecule has 0 saturated carbocycles. The number of ether oxygens (including phenoxy) is 2. The number of carbonyl (C=O) groups excluding carboxylic acids is 1. The van der Waals surface area contributed by atoms with Crippen molar-refractivity contribution in [3.05, 3.63) is 59.4 Å². The molecule has 0 unspecified atom stereocenters. The molecule has 8 heteroatoms. The maximum absolute atomic E-state index is 13.1. The number of fused-ring (bicyclic) bond motifs is 1. The fourth-order valence-corrected chi connectivity index (χ4v) is 3.48. The summed E-state index contributed by atoms with van der Waals surface area (Å²) in [6.45, 7) is 3.81. The van der Waals surface area contributed by atoms with Crippen molar-refractivity contribution in [3.8, 4) is 11.5 Å². The number of amides is 1. The lowest BCUT2D eigenvalue weighted by Crippen LogP contribution is -2.31. The summed E-state index contributed by atoms with van der Waals surface area (Å²) in [5.74, 6) is 0.345. The molecule has 3 rings (SSSR count). The van der Waals surface area contributed by atoms with Crippen molar-refractivity contribution in [1.29, 1.82) is 0 Å². The lowest BCUT2D eigenvalue weighted by molar-refractivity contribution is -0.0501. The van der Waals surface area contributed by atoms with E-state index in [9.17, 15) is 13.6 Å². The number of nitrogens with zero attached hydrogens (tertiary/aromatic N) is 2. The van der Waals surface area contributed by atoms with Gasteiger partial charge in [-0.25, -0.2) is 0 Å². The summed E-state index contributed by atoms with van der Waals surface area (Å²) in [5, 5.41) is 3.27. The van der Waals surface area contributed by atoms with E-state index in [1.165, 1.54) is 6.07 Å². The van der Waals surface area contributed by atoms with Gasteiger partial charge in [0.25, 0.3) is 5.91 Å². The highest BCUT2D eigenvalue weighted by molar-refractivity contribution is 5.93. The van der Waals surface area contributed by atoms with Gasteiger partial charge in [-0.05, 0) is 50.6 Å². The van der Waals surface area contributed by atoms with E-state index in [-0.39, 0.29) is 11.7 Å². The number of nitrogens with one attached hydrogen (secondary N) is 1. The second-order valence-corrected chi connectivity index (χ2v) is 6.92. The van der Waals surface area contributed by atoms with Crippen LogP contribution in [0.3, 0.4) is 0 Å². The van der Waals surface area contributed by atoms with Crippen molar-refractivity contribution >= 4 is 11.5 Å². The van der Waals surface area contributed by atoms with Gasteiger partial charge in [-0.3, -0.25) is 9.78 Å². The van der Waals surface area contributed by atoms with Gasteiger partial charge in [0.05, 0.1) is 5.56 Å². The number of hydrogen-bond acceptors (Lipinski definition) is 5. The normalized spacial score (nSPS) is 16.0. The molecule has 0 saturated heterocycles. The first-order chi connectivity index (χ1) is 15.0. The zero-order chi connectivity index (χ0) is 22.2. The molecule has 1 aliphatic rings. The highest BCUT2D eigenvalue weighted by Gasteiger charge is 2.21. The van der Waals surface area contributed by atoms with Crippen molar-refractivity contribution in [2.24, 2.45) is 0 Å². The SMILES string of the molecule is CCN(CC)C(=O)c1ccc(/C2=C/CCNCCOc3cccc(OC(F)F)c32)cn1. The van der Waals surface area contributed by atoms with E-state index >= 15 is 0 Å². The van der Waals surface area contributed by atoms with E-state index < -0.39 is 6.61 Å². The van der Waals surface area contributed by atoms with Crippen LogP contribution in [0.1, 0.15) is 41.9 Å². The van der Waals surface area contributed by atoms with E-state index in [1.807, 2.05) is 19.9 Å². The topological polar surface area (TPSA) is 63.7 Å². The smallest absolute Gasteiger partial charge is 0.387 e. The fourth-order valence-electron chi connectivity index (χ4n) is 3.48. The fraction of sp³-hybridized carbons (Fsp3) is 0.391. The molecule has 1 aromatic heterocycles. The van der Waals surface area contributed by atoms with Crippen molar-refractivity contribution in [1.82, 2.24) is 15.2 Å². The van der Waals surface area contributed by atoms with E-state index in [4.69, 9.17) is 9.47 Å². The molecule has 31 heavy (non-hydrogen) atoms. The van der Waals surface area contributed by atoms with E-state index in [1.54, 1.807) is 35.4 Å². The molecule has 0 fully saturated rings. The van der Waals surface area contributed by atoms with Crippen molar-refractivity contribution in [3.63, 3.8) is 0 Å². The van der Waals surface area contributed by atoms with E-state index in [0.717, 1.165) is 0 Å². The highest BCUT2D eigenvalue weighted by Crippen LogP contribution is 2.39. The van der Waals surface area contributed by atoms with Crippen LogP contribution < -0.4 is 14.8 Å². The molecular weight excluding hydrogens is 404 g/mol. The second kappa shape index (κ2) is 10.9. The summed E-state index contributed by atoms with van der Waals surface area (Å²) in [6.07, 6.45) is 4.21. The third kappa shape index (κ3) is 5.58. The Morgan fingerprint density at radius 3 is 2.71 bits per heavy atom. The number of pyridine rings is 1. The average Bonchev–Trinajstić information content (AvgIpc) is 2.77. The first-order valence-electron chi connectivity index (χ1n) is 10.4. The molecule has 1 amide bonds. The first kappa shape index (κ1) is 22.7. The van der Waals surface area contributed by atoms with Crippen LogP contribution in [0.25, 0.3) is 5.57 Å². The minimum atomic E-state index is -2.96. The predicted octanol–water partition coefficient (Wildman–Crippen LogP) is 3.97. The van der Waals surface area contributed by atoms with Crippen LogP contribution in [0, 0.1) is 0 Å². The van der Waals surface area contributed by atoms with Gasteiger partial charge >= 0.3 is 6.61 Å². The Bertz CT molecular complexity index is 913. The number of rotatable bonds is 6. The average molecular weight is 431 g/mol. The number of alkyl halides is 2. The molecule has 2 aromatic rings. The third-order valence-electron chi connectivity index (χ3n) is 5.02. The molecule has 0 spiro atoms. The molecule has 2 heterocycles. The van der Waals surface area contributed by atoms with Crippen LogP contribution in [0.15, 0.2) is 42.6 Å². The lowest BCUT2D eigenvalue weighted by atomic mass is 9.95. The van der Waals surface area contributed by atoms with Crippen LogP contribution in [-0.2, 0) is 0 Å². The predicted molar refractivity (Wildman–Crippen MR) is 115 cm³/mol. The van der Waals surface area contributed by atoms with Gasteiger partial charge in [0.2, 0.25) is 0 Å². The molecule has 0 atom stereocenters. The Morgan fingerprint density at radius 1 is 1.23 bits per heavy atom. The Balaban J connectivity index is 2.04. The number of aromatic nitrogens is 1. The van der Waals surface area contributed by atoms with Crippen LogP contribution in [0.2, 0.25) is 0 Å². The van der Waals surface area contributed by atoms with Crippen LogP contribution in [0.5, 0.6) is 11.5 Å². The summed E-state index contributed by atoms with van der Waals surface area (Å²) < 4.78 is 36.8. The molecule has 0 bridgehead atoms. The molecule has 1 aromatic carbocycles. The quantitative estimate of drug-likeness (QED) is 0.750. The standard InChI is InChI=1S/C23H27F2N3O3/c1-3-28(4-2)22(29)18-11-10-16(15-27-18)17-7-6-12-26-13-14-30-19-8-5-9-20(21(17)19)31-23(24)25/h5,7-11,15,23,26H,3-4,6,12-14H2,1-2H3/b17-7-. The van der Waals surface area contributed by atoms with Gasteiger partial charge in [0, 0.05) is 31.4 Å². The van der Waals surface area contributed by atoms with Gasteiger partial charge in [0.15, 0.2) is 0 Å². The minimum Gasteiger partial charge on any atom is -0.491 e. The van der Waals surface area contributed by atoms with Crippen LogP contribution in [-0.4, -0.2) is 55.2 Å². The summed E-state index contributed by atoms with van der Waals surface area (Å²) in [4.78, 5) is 18.6. The summed E-state index contributed by atoms with van der Waals surface area (Å²) in [7, 11) is 0. The summed E-state index contributed by atoms with van der Waals surface area (Å²) in [6, 6.07) is 8.28. The number of benzene rings is 1. The van der Waals surface area contributed by atoms with Crippen LogP contribution in [0.4, 0.5) is 8.78 Å². The van der Waals surface area contributed by atoms with Gasteiger partial charge < -0.3 is 19.7 Å². The number of hydrogen-bond donors (Lipinski definition) is 1. The van der Waals surface area contributed by atoms with Gasteiger partial charge in [-0.15, -0.1) is 0 Å². The Hall–Kier alpha value is -3.00. The number of carbonyl (C=O) groups is 1. The Morgan fingerprint density at radius 2 is 2.03 bits per heavy atom. The van der Waals surface area contributed by atoms with E-state index in [0.29, 0.717) is 67.4 Å². The monoisotopic (exact) mass is 431 g/mol. The molecule has 6 nitrogen and oxygen atoms in total. The molecule has 1 aliphatic heterocycles. The Kier molecular flexibility index (Phi) is 7.94. The first-order valence-corrected chi connectivity index (χ1v) is 10.4. The molecule has 166 valence electrons. The summed E-state index contributed by atoms with van der Waals surface area (Å²) in [5.41, 5.74) is 2.15. The van der Waals surface area contributed by atoms with Gasteiger partial charge in [-0.1, -0.05) is 18.2 Å². The van der Waals surface area contributed by atoms with Crippen LogP contribution >= 0.6 is 0 Å². The van der Waals surface area contributed by atoms with Crippen molar-refractivity contribution < 1.29 is 23.0 Å². The molecule has 0 radical (unpaired) electrons. The molecular formula is C23H27F2N3O3. The second-order valence-electron chi connectivity index (χ2n) is 6.92. The molecule has 0 aliphatic carbocycles. The summed E-state index contributed by atoms with van der Waals surface area (Å²) >= 11 is 0. The minimum absolute atomic E-state index is 0.0376. The van der Waals surface area contributed by atoms with E-state index in [2.05, 4.69) is 10.3 Å².